The molecule has 0 bridgehead atoms. The summed E-state index contributed by atoms with van der Waals surface area (Å²) >= 11 is 0. The molecule has 0 aromatic heterocycles. The summed E-state index contributed by atoms with van der Waals surface area (Å²) in [5, 5.41) is 42.3. The highest BCUT2D eigenvalue weighted by Crippen LogP contribution is 2.26. The Hall–Kier alpha value is -1.03. The van der Waals surface area contributed by atoms with Crippen LogP contribution in [-0.4, -0.2) is 76.3 Å². The van der Waals surface area contributed by atoms with Gasteiger partial charge in [0.1, 0.15) is 6.10 Å². The molecule has 146 valence electrons. The Morgan fingerprint density at radius 2 is 2.00 bits per heavy atom. The molecule has 1 aliphatic rings. The first-order chi connectivity index (χ1) is 11.8. The fourth-order valence-corrected chi connectivity index (χ4v) is 2.56. The zero-order chi connectivity index (χ0) is 19.0. The average molecular weight is 361 g/mol. The van der Waals surface area contributed by atoms with Gasteiger partial charge in [-0.25, -0.2) is 0 Å². The fourth-order valence-electron chi connectivity index (χ4n) is 2.56. The molecule has 1 saturated heterocycles. The first kappa shape index (κ1) is 22.0. The number of rotatable bonds is 9. The molecule has 5 unspecified atom stereocenters. The number of hydrogen-bond acceptors (Lipinski definition) is 7. The van der Waals surface area contributed by atoms with Crippen molar-refractivity contribution < 1.29 is 34.7 Å². The van der Waals surface area contributed by atoms with Crippen molar-refractivity contribution in [2.45, 2.75) is 70.4 Å². The van der Waals surface area contributed by atoms with E-state index in [0.29, 0.717) is 0 Å². The number of hydrogen-bond donors (Lipinski definition) is 5. The Balaban J connectivity index is 2.73. The van der Waals surface area contributed by atoms with E-state index in [4.69, 9.17) is 9.47 Å². The van der Waals surface area contributed by atoms with Crippen molar-refractivity contribution in [2.24, 2.45) is 5.92 Å². The maximum absolute atomic E-state index is 11.7. The van der Waals surface area contributed by atoms with Gasteiger partial charge in [0.05, 0.1) is 37.6 Å². The fraction of sp³-hybridized carbons (Fsp3) is 0.824. The Kier molecular flexibility index (Phi) is 9.55. The van der Waals surface area contributed by atoms with E-state index in [-0.39, 0.29) is 25.5 Å². The quantitative estimate of drug-likeness (QED) is 0.344. The Labute approximate surface area is 148 Å². The number of carbonyl (C=O) groups excluding carboxylic acids is 1. The summed E-state index contributed by atoms with van der Waals surface area (Å²) in [5.41, 5.74) is 0. The maximum Gasteiger partial charge on any atom is 0.220 e. The minimum absolute atomic E-state index is 0.123. The lowest BCUT2D eigenvalue weighted by molar-refractivity contribution is -0.289. The molecule has 1 fully saturated rings. The monoisotopic (exact) mass is 361 g/mol. The lowest BCUT2D eigenvalue weighted by Crippen LogP contribution is -2.56. The standard InChI is InChI=1S/C17H31NO7/c1-4-6-7-12(20)11(18-14(21)5-2)9-24-17-16(23)15(22)10(3)13(8-19)25-17/h6-7,10-13,15-17,19-20,22-23H,4-5,8-9H2,1-3H3,(H,18,21)/b7-6+/t10?,11-,12+,13?,15?,16?,17?/m0/s1. The number of aliphatic hydroxyl groups is 4. The van der Waals surface area contributed by atoms with Crippen LogP contribution in [0.2, 0.25) is 0 Å². The van der Waals surface area contributed by atoms with Gasteiger partial charge in [0.2, 0.25) is 5.91 Å². The summed E-state index contributed by atoms with van der Waals surface area (Å²) in [6.07, 6.45) is -0.860. The van der Waals surface area contributed by atoms with Crippen molar-refractivity contribution in [1.29, 1.82) is 0 Å². The van der Waals surface area contributed by atoms with Crippen LogP contribution in [0.15, 0.2) is 12.2 Å². The molecular formula is C17H31NO7. The molecule has 25 heavy (non-hydrogen) atoms. The summed E-state index contributed by atoms with van der Waals surface area (Å²) < 4.78 is 11.0. The van der Waals surface area contributed by atoms with Crippen LogP contribution >= 0.6 is 0 Å². The molecule has 8 heteroatoms. The summed E-state index contributed by atoms with van der Waals surface area (Å²) in [6, 6.07) is -0.727. The smallest absolute Gasteiger partial charge is 0.220 e. The summed E-state index contributed by atoms with van der Waals surface area (Å²) in [6.45, 7) is 4.83. The van der Waals surface area contributed by atoms with Gasteiger partial charge in [0, 0.05) is 12.3 Å². The molecule has 0 radical (unpaired) electrons. The maximum atomic E-state index is 11.7. The second-order valence-corrected chi connectivity index (χ2v) is 6.25. The van der Waals surface area contributed by atoms with Crippen LogP contribution in [0, 0.1) is 5.92 Å². The lowest BCUT2D eigenvalue weighted by Gasteiger charge is -2.41. The number of aliphatic hydroxyl groups excluding tert-OH is 4. The molecule has 7 atom stereocenters. The zero-order valence-corrected chi connectivity index (χ0v) is 15.0. The molecule has 0 aliphatic carbocycles. The molecule has 0 spiro atoms. The van der Waals surface area contributed by atoms with Gasteiger partial charge in [-0.15, -0.1) is 0 Å². The molecule has 1 heterocycles. The third-order valence-electron chi connectivity index (χ3n) is 4.33. The van der Waals surface area contributed by atoms with E-state index in [1.54, 1.807) is 26.0 Å². The number of amides is 1. The van der Waals surface area contributed by atoms with E-state index in [1.165, 1.54) is 0 Å². The van der Waals surface area contributed by atoms with E-state index in [2.05, 4.69) is 5.32 Å². The predicted molar refractivity (Wildman–Crippen MR) is 90.5 cm³/mol. The van der Waals surface area contributed by atoms with Gasteiger partial charge in [0.15, 0.2) is 6.29 Å². The van der Waals surface area contributed by atoms with E-state index >= 15 is 0 Å². The van der Waals surface area contributed by atoms with E-state index in [9.17, 15) is 25.2 Å². The molecule has 1 amide bonds. The molecule has 5 N–H and O–H groups in total. The van der Waals surface area contributed by atoms with Gasteiger partial charge < -0.3 is 35.2 Å². The van der Waals surface area contributed by atoms with Crippen LogP contribution in [0.25, 0.3) is 0 Å². The van der Waals surface area contributed by atoms with E-state index in [1.807, 2.05) is 6.92 Å². The minimum Gasteiger partial charge on any atom is -0.394 e. The highest BCUT2D eigenvalue weighted by Gasteiger charge is 2.42. The number of ether oxygens (including phenoxy) is 2. The van der Waals surface area contributed by atoms with Gasteiger partial charge in [0.25, 0.3) is 0 Å². The van der Waals surface area contributed by atoms with Crippen molar-refractivity contribution in [3.63, 3.8) is 0 Å². The average Bonchev–Trinajstić information content (AvgIpc) is 2.62. The zero-order valence-electron chi connectivity index (χ0n) is 15.0. The van der Waals surface area contributed by atoms with E-state index in [0.717, 1.165) is 6.42 Å². The second-order valence-electron chi connectivity index (χ2n) is 6.25. The second kappa shape index (κ2) is 10.8. The lowest BCUT2D eigenvalue weighted by atomic mass is 9.91. The SMILES string of the molecule is CC/C=C/[C@@H](O)[C@H](COC1OC(CO)C(C)C(O)C1O)NC(=O)CC. The van der Waals surface area contributed by atoms with Crippen LogP contribution in [0.4, 0.5) is 0 Å². The third-order valence-corrected chi connectivity index (χ3v) is 4.33. The Bertz CT molecular complexity index is 429. The minimum atomic E-state index is -1.29. The van der Waals surface area contributed by atoms with Crippen LogP contribution in [0.1, 0.15) is 33.6 Å². The first-order valence-corrected chi connectivity index (χ1v) is 8.73. The van der Waals surface area contributed by atoms with E-state index < -0.39 is 42.7 Å². The third kappa shape index (κ3) is 6.32. The highest BCUT2D eigenvalue weighted by molar-refractivity contribution is 5.75. The summed E-state index contributed by atoms with van der Waals surface area (Å²) in [7, 11) is 0. The number of carbonyl (C=O) groups is 1. The van der Waals surface area contributed by atoms with Crippen molar-refractivity contribution >= 4 is 5.91 Å². The van der Waals surface area contributed by atoms with Crippen molar-refractivity contribution in [1.82, 2.24) is 5.32 Å². The summed E-state index contributed by atoms with van der Waals surface area (Å²) in [4.78, 5) is 11.7. The van der Waals surface area contributed by atoms with Crippen molar-refractivity contribution in [2.75, 3.05) is 13.2 Å². The van der Waals surface area contributed by atoms with Gasteiger partial charge >= 0.3 is 0 Å². The molecule has 0 aromatic rings. The molecule has 0 aromatic carbocycles. The Morgan fingerprint density at radius 1 is 1.32 bits per heavy atom. The molecule has 1 rings (SSSR count). The van der Waals surface area contributed by atoms with Crippen LogP contribution in [-0.2, 0) is 14.3 Å². The normalized spacial score (nSPS) is 32.5. The predicted octanol–water partition coefficient (Wildman–Crippen LogP) is -0.700. The number of nitrogens with one attached hydrogen (secondary N) is 1. The van der Waals surface area contributed by atoms with Gasteiger partial charge in [-0.1, -0.05) is 32.9 Å². The van der Waals surface area contributed by atoms with Gasteiger partial charge in [-0.2, -0.15) is 0 Å². The highest BCUT2D eigenvalue weighted by atomic mass is 16.7. The first-order valence-electron chi connectivity index (χ1n) is 8.73. The van der Waals surface area contributed by atoms with Gasteiger partial charge in [-0.05, 0) is 6.42 Å². The van der Waals surface area contributed by atoms with Crippen molar-refractivity contribution in [3.05, 3.63) is 12.2 Å². The topological polar surface area (TPSA) is 128 Å². The molecular weight excluding hydrogens is 330 g/mol. The Morgan fingerprint density at radius 3 is 2.56 bits per heavy atom. The van der Waals surface area contributed by atoms with Crippen LogP contribution < -0.4 is 5.32 Å². The van der Waals surface area contributed by atoms with Crippen LogP contribution in [0.3, 0.4) is 0 Å². The molecule has 1 aliphatic heterocycles. The largest absolute Gasteiger partial charge is 0.394 e. The van der Waals surface area contributed by atoms with Crippen LogP contribution in [0.5, 0.6) is 0 Å². The van der Waals surface area contributed by atoms with Crippen molar-refractivity contribution in [3.8, 4) is 0 Å². The van der Waals surface area contributed by atoms with Gasteiger partial charge in [-0.3, -0.25) is 4.79 Å². The molecule has 0 saturated carbocycles. The number of allylic oxidation sites excluding steroid dienone is 1. The molecule has 8 nitrogen and oxygen atoms in total. The summed E-state index contributed by atoms with van der Waals surface area (Å²) in [5.74, 6) is -0.696.